The summed E-state index contributed by atoms with van der Waals surface area (Å²) in [5, 5.41) is 0. The predicted octanol–water partition coefficient (Wildman–Crippen LogP) is 29.6. The molecular weight excluding hydrogens is 1560 g/mol. The van der Waals surface area contributed by atoms with Gasteiger partial charge in [-0.05, 0) is 129 Å². The lowest BCUT2D eigenvalue weighted by Crippen LogP contribution is -2.30. The van der Waals surface area contributed by atoms with Crippen molar-refractivity contribution in [3.05, 3.63) is 477 Å². The van der Waals surface area contributed by atoms with E-state index in [1.165, 1.54) is 78.1 Å². The van der Waals surface area contributed by atoms with Gasteiger partial charge in [0.1, 0.15) is 0 Å². The summed E-state index contributed by atoms with van der Waals surface area (Å²) in [4.78, 5) is 45.9. The number of aromatic nitrogens is 9. The van der Waals surface area contributed by atoms with Crippen molar-refractivity contribution in [1.82, 2.24) is 44.9 Å². The largest absolute Gasteiger partial charge is 0.344 e. The maximum atomic E-state index is 4.89. The topological polar surface area (TPSA) is 119 Å². The molecule has 0 N–H and O–H groups in total. The Hall–Kier alpha value is -16.4. The number of nitrogens with zero attached hydrogens (tertiary/aromatic N) is 10. The number of hydrogen-bond acceptors (Lipinski definition) is 10. The van der Waals surface area contributed by atoms with E-state index in [0.717, 1.165) is 77.9 Å². The average Bonchev–Trinajstić information content (AvgIpc) is 0.737. The second-order valence-corrected chi connectivity index (χ2v) is 32.4. The van der Waals surface area contributed by atoms with Crippen LogP contribution in [0.3, 0.4) is 0 Å². The third-order valence-electron chi connectivity index (χ3n) is 23.0. The number of benzene rings is 17. The molecule has 0 fully saturated rings. The Balaban J connectivity index is 0.000000119. The zero-order valence-electron chi connectivity index (χ0n) is 72.2. The van der Waals surface area contributed by atoms with Crippen LogP contribution in [0.15, 0.2) is 449 Å². The molecule has 0 atom stereocenters. The molecule has 1 aliphatic heterocycles. The fraction of sp³-hybridized carbons (Fsp3) is 0.0593. The molecule has 0 radical (unpaired) electrons. The fourth-order valence-corrected chi connectivity index (χ4v) is 16.2. The van der Waals surface area contributed by atoms with E-state index in [4.69, 9.17) is 44.9 Å². The van der Waals surface area contributed by atoms with Gasteiger partial charge in [-0.2, -0.15) is 0 Å². The first kappa shape index (κ1) is 82.5. The van der Waals surface area contributed by atoms with Gasteiger partial charge in [0.15, 0.2) is 52.4 Å². The van der Waals surface area contributed by atoms with Gasteiger partial charge in [-0.25, -0.2) is 44.9 Å². The molecule has 128 heavy (non-hydrogen) atoms. The van der Waals surface area contributed by atoms with Crippen LogP contribution in [0.5, 0.6) is 0 Å². The quantitative estimate of drug-likeness (QED) is 0.0981. The van der Waals surface area contributed by atoms with Gasteiger partial charge in [0.25, 0.3) is 0 Å². The number of rotatable bonds is 15. The molecule has 17 aromatic carbocycles. The summed E-state index contributed by atoms with van der Waals surface area (Å²) in [6, 6.07) is 155. The Bertz CT molecular complexity index is 6990. The molecule has 3 aromatic heterocycles. The molecule has 0 saturated heterocycles. The van der Waals surface area contributed by atoms with Crippen LogP contribution >= 0.6 is 0 Å². The highest BCUT2D eigenvalue weighted by Gasteiger charge is 2.34. The molecule has 0 amide bonds. The molecule has 21 rings (SSSR count). The summed E-state index contributed by atoms with van der Waals surface area (Å²) >= 11 is 0. The van der Waals surface area contributed by atoms with Gasteiger partial charge in [0, 0.05) is 73.9 Å². The van der Waals surface area contributed by atoms with Gasteiger partial charge in [-0.3, -0.25) is 0 Å². The van der Waals surface area contributed by atoms with E-state index >= 15 is 0 Å². The predicted molar refractivity (Wildman–Crippen MR) is 528 cm³/mol. The first-order chi connectivity index (χ1) is 62.8. The Labute approximate surface area is 749 Å². The minimum absolute atomic E-state index is 0.0830. The number of hydrogen-bond donors (Lipinski definition) is 0. The van der Waals surface area contributed by atoms with Gasteiger partial charge < -0.3 is 4.90 Å². The van der Waals surface area contributed by atoms with Gasteiger partial charge in [-0.15, -0.1) is 0 Å². The second-order valence-electron chi connectivity index (χ2n) is 32.4. The molecule has 0 saturated carbocycles. The molecule has 0 bridgehead atoms. The van der Waals surface area contributed by atoms with Crippen molar-refractivity contribution in [1.29, 1.82) is 0 Å². The highest BCUT2D eigenvalue weighted by molar-refractivity contribution is 5.82. The molecule has 614 valence electrons. The van der Waals surface area contributed by atoms with E-state index < -0.39 is 0 Å². The van der Waals surface area contributed by atoms with Gasteiger partial charge in [0.05, 0.1) is 0 Å². The maximum Gasteiger partial charge on any atom is 0.164 e. The second kappa shape index (κ2) is 38.1. The van der Waals surface area contributed by atoms with E-state index in [1.807, 2.05) is 182 Å². The summed E-state index contributed by atoms with van der Waals surface area (Å²) < 4.78 is 0. The van der Waals surface area contributed by atoms with Crippen molar-refractivity contribution in [3.63, 3.8) is 0 Å². The molecular formula is C118H92N10. The van der Waals surface area contributed by atoms with Crippen molar-refractivity contribution in [2.45, 2.75) is 40.0 Å². The number of anilines is 2. The van der Waals surface area contributed by atoms with Crippen LogP contribution < -0.4 is 4.90 Å². The van der Waals surface area contributed by atoms with Gasteiger partial charge in [0.2, 0.25) is 0 Å². The number of fused-ring (bicyclic) bond motifs is 2. The van der Waals surface area contributed by atoms with Crippen molar-refractivity contribution >= 4 is 11.4 Å². The lowest BCUT2D eigenvalue weighted by atomic mass is 9.74. The van der Waals surface area contributed by atoms with Crippen LogP contribution in [0.1, 0.15) is 41.7 Å². The van der Waals surface area contributed by atoms with E-state index in [1.54, 1.807) is 0 Å². The third kappa shape index (κ3) is 19.2. The van der Waals surface area contributed by atoms with Crippen LogP contribution in [0.25, 0.3) is 169 Å². The van der Waals surface area contributed by atoms with Gasteiger partial charge in [-0.1, -0.05) is 449 Å². The van der Waals surface area contributed by atoms with Gasteiger partial charge >= 0.3 is 0 Å². The molecule has 0 unspecified atom stereocenters. The summed E-state index contributed by atoms with van der Waals surface area (Å²) in [5.41, 5.74) is 32.1. The normalized spacial score (nSPS) is 11.6. The maximum absolute atomic E-state index is 4.89. The van der Waals surface area contributed by atoms with Crippen molar-refractivity contribution in [2.24, 2.45) is 0 Å². The molecule has 10 heteroatoms. The smallest absolute Gasteiger partial charge is 0.164 e. The molecule has 1 aliphatic rings. The monoisotopic (exact) mass is 1650 g/mol. The molecule has 10 nitrogen and oxygen atoms in total. The summed E-state index contributed by atoms with van der Waals surface area (Å²) in [6.45, 7) is 11.0. The standard InChI is InChI=1S/3C34H25N3.C16H17N/c1-24-11-8-16-27(21-24)28-17-9-18-29(22-28)30-19-10-20-31(23-30)34-36-32(25-12-4-2-5-13-25)35-33(37-34)26-14-6-3-7-15-26;1-24-10-8-15-29(22-24)25-18-20-26(21-19-25)30-16-9-17-31(23-30)34-36-32(27-11-4-2-5-12-27)35-33(37-34)28-13-6-3-7-14-28;1-24-9-8-14-31(23-24)27-17-15-25(16-18-27)26-19-21-30(22-20-26)34-36-32(28-10-4-2-5-11-28)35-33(37-34)29-12-6-3-7-13-29;1-16(2)12-8-4-6-10-14(12)17(3)15-11-7-5-9-13(15)16/h3*2-23H,1H3;4-11H,1-3H3. The summed E-state index contributed by atoms with van der Waals surface area (Å²) in [6.07, 6.45) is 0. The Morgan fingerprint density at radius 1 is 0.156 bits per heavy atom. The average molecular weight is 1650 g/mol. The van der Waals surface area contributed by atoms with Crippen LogP contribution in [-0.2, 0) is 5.41 Å². The lowest BCUT2D eigenvalue weighted by Gasteiger charge is -2.40. The first-order valence-corrected chi connectivity index (χ1v) is 43.2. The summed E-state index contributed by atoms with van der Waals surface area (Å²) in [5.74, 6) is 5.97. The molecule has 0 spiro atoms. The summed E-state index contributed by atoms with van der Waals surface area (Å²) in [7, 11) is 2.15. The van der Waals surface area contributed by atoms with E-state index in [9.17, 15) is 0 Å². The SMILES string of the molecule is CN1c2ccccc2C(C)(C)c2ccccc21.Cc1cccc(-c2ccc(-c3ccc(-c4nc(-c5ccccc5)nc(-c5ccccc5)n4)cc3)cc2)c1.Cc1cccc(-c2ccc(-c3cccc(-c4nc(-c5ccccc5)nc(-c5ccccc5)n4)c3)cc2)c1.Cc1cccc(-c2cccc(-c3cccc(-c4nc(-c5ccccc5)nc(-c5ccccc5)n4)c3)c2)c1. The van der Waals surface area contributed by atoms with Crippen LogP contribution in [0, 0.1) is 20.8 Å². The minimum atomic E-state index is 0.0830. The minimum Gasteiger partial charge on any atom is -0.344 e. The fourth-order valence-electron chi connectivity index (χ4n) is 16.2. The zero-order valence-corrected chi connectivity index (χ0v) is 72.2. The highest BCUT2D eigenvalue weighted by Crippen LogP contribution is 2.48. The van der Waals surface area contributed by atoms with E-state index in [0.29, 0.717) is 52.4 Å². The van der Waals surface area contributed by atoms with E-state index in [2.05, 4.69) is 313 Å². The van der Waals surface area contributed by atoms with Crippen LogP contribution in [-0.4, -0.2) is 51.9 Å². The first-order valence-electron chi connectivity index (χ1n) is 43.2. The number of para-hydroxylation sites is 2. The van der Waals surface area contributed by atoms with Crippen LogP contribution in [0.2, 0.25) is 0 Å². The molecule has 20 aromatic rings. The van der Waals surface area contributed by atoms with Crippen molar-refractivity contribution in [3.8, 4) is 169 Å². The Kier molecular flexibility index (Phi) is 24.6. The van der Waals surface area contributed by atoms with Crippen LogP contribution in [0.4, 0.5) is 11.4 Å². The van der Waals surface area contributed by atoms with Crippen molar-refractivity contribution in [2.75, 3.05) is 11.9 Å². The highest BCUT2D eigenvalue weighted by atomic mass is 15.1. The zero-order chi connectivity index (χ0) is 87.1. The Morgan fingerprint density at radius 3 is 0.578 bits per heavy atom. The van der Waals surface area contributed by atoms with Crippen molar-refractivity contribution < 1.29 is 0 Å². The number of aryl methyl sites for hydroxylation is 3. The molecule has 0 aliphatic carbocycles. The lowest BCUT2D eigenvalue weighted by molar-refractivity contribution is 0.629. The molecule has 4 heterocycles. The Morgan fingerprint density at radius 2 is 0.320 bits per heavy atom. The van der Waals surface area contributed by atoms with E-state index in [-0.39, 0.29) is 5.41 Å². The third-order valence-corrected chi connectivity index (χ3v) is 23.0.